The highest BCUT2D eigenvalue weighted by molar-refractivity contribution is 7.13. The van der Waals surface area contributed by atoms with Crippen LogP contribution in [0.15, 0.2) is 35.8 Å². The molecule has 2 amide bonds. The van der Waals surface area contributed by atoms with Gasteiger partial charge in [-0.15, -0.1) is 11.3 Å². The number of benzene rings is 1. The van der Waals surface area contributed by atoms with Crippen molar-refractivity contribution in [3.8, 4) is 5.75 Å². The number of rotatable bonds is 3. The molecule has 1 aromatic carbocycles. The van der Waals surface area contributed by atoms with Gasteiger partial charge in [-0.1, -0.05) is 12.1 Å². The molecule has 3 rings (SSSR count). The number of aromatic nitrogens is 1. The van der Waals surface area contributed by atoms with Crippen molar-refractivity contribution in [3.05, 3.63) is 35.8 Å². The Morgan fingerprint density at radius 2 is 2.30 bits per heavy atom. The average molecular weight is 289 g/mol. The lowest BCUT2D eigenvalue weighted by Gasteiger charge is -2.28. The zero-order valence-electron chi connectivity index (χ0n) is 10.4. The highest BCUT2D eigenvalue weighted by atomic mass is 32.1. The van der Waals surface area contributed by atoms with Crippen molar-refractivity contribution in [1.82, 2.24) is 4.98 Å². The fourth-order valence-corrected chi connectivity index (χ4v) is 2.46. The van der Waals surface area contributed by atoms with Crippen LogP contribution in [0, 0.1) is 0 Å². The van der Waals surface area contributed by atoms with Gasteiger partial charge in [0.2, 0.25) is 5.91 Å². The zero-order chi connectivity index (χ0) is 13.9. The molecule has 0 aliphatic carbocycles. The molecule has 6 nitrogen and oxygen atoms in total. The number of carbonyl (C=O) groups excluding carboxylic acids is 2. The highest BCUT2D eigenvalue weighted by Gasteiger charge is 2.26. The summed E-state index contributed by atoms with van der Waals surface area (Å²) in [6, 6.07) is 7.14. The number of fused-ring (bicyclic) bond motifs is 1. The predicted octanol–water partition coefficient (Wildman–Crippen LogP) is 1.51. The van der Waals surface area contributed by atoms with Crippen LogP contribution in [0.25, 0.3) is 0 Å². The van der Waals surface area contributed by atoms with E-state index in [1.807, 2.05) is 6.07 Å². The lowest BCUT2D eigenvalue weighted by molar-refractivity contribution is -0.123. The Morgan fingerprint density at radius 1 is 1.45 bits per heavy atom. The molecule has 0 fully saturated rings. The molecule has 0 spiro atoms. The summed E-state index contributed by atoms with van der Waals surface area (Å²) in [5, 5.41) is 4.94. The molecule has 1 aliphatic rings. The summed E-state index contributed by atoms with van der Waals surface area (Å²) in [6.07, 6.45) is 1.61. The Labute approximate surface area is 119 Å². The second-order valence-electron chi connectivity index (χ2n) is 4.12. The normalized spacial score (nSPS) is 13.6. The zero-order valence-corrected chi connectivity index (χ0v) is 11.2. The minimum absolute atomic E-state index is 0.0540. The van der Waals surface area contributed by atoms with E-state index in [9.17, 15) is 9.59 Å². The highest BCUT2D eigenvalue weighted by Crippen LogP contribution is 2.31. The van der Waals surface area contributed by atoms with Crippen molar-refractivity contribution < 1.29 is 14.3 Å². The number of hydrogen-bond acceptors (Lipinski definition) is 5. The van der Waals surface area contributed by atoms with E-state index in [2.05, 4.69) is 10.3 Å². The van der Waals surface area contributed by atoms with Gasteiger partial charge < -0.3 is 10.1 Å². The van der Waals surface area contributed by atoms with Gasteiger partial charge >= 0.3 is 0 Å². The first kappa shape index (κ1) is 12.6. The molecule has 1 aromatic heterocycles. The van der Waals surface area contributed by atoms with Crippen molar-refractivity contribution in [3.63, 3.8) is 0 Å². The summed E-state index contributed by atoms with van der Waals surface area (Å²) in [5.74, 6) is 0.0807. The van der Waals surface area contributed by atoms with Crippen molar-refractivity contribution in [2.75, 3.05) is 23.4 Å². The van der Waals surface area contributed by atoms with Crippen LogP contribution in [0.2, 0.25) is 0 Å². The lowest BCUT2D eigenvalue weighted by atomic mass is 10.2. The molecule has 7 heteroatoms. The van der Waals surface area contributed by atoms with Gasteiger partial charge in [-0.25, -0.2) is 4.98 Å². The summed E-state index contributed by atoms with van der Waals surface area (Å²) in [7, 11) is 0. The summed E-state index contributed by atoms with van der Waals surface area (Å²) >= 11 is 1.33. The number of hydrogen-bond donors (Lipinski definition) is 1. The van der Waals surface area contributed by atoms with Gasteiger partial charge in [0.15, 0.2) is 11.7 Å². The molecule has 102 valence electrons. The first-order valence-electron chi connectivity index (χ1n) is 5.95. The smallest absolute Gasteiger partial charge is 0.265 e. The van der Waals surface area contributed by atoms with Gasteiger partial charge in [0.05, 0.1) is 5.69 Å². The molecule has 0 unspecified atom stereocenters. The number of ether oxygens (including phenoxy) is 1. The van der Waals surface area contributed by atoms with E-state index in [1.165, 1.54) is 16.2 Å². The number of nitrogens with zero attached hydrogens (tertiary/aromatic N) is 2. The van der Waals surface area contributed by atoms with Gasteiger partial charge in [-0.2, -0.15) is 0 Å². The Balaban J connectivity index is 1.76. The Kier molecular flexibility index (Phi) is 3.34. The summed E-state index contributed by atoms with van der Waals surface area (Å²) in [5.41, 5.74) is 0.609. The molecule has 0 bridgehead atoms. The Morgan fingerprint density at radius 3 is 3.10 bits per heavy atom. The Bertz CT molecular complexity index is 642. The third-order valence-electron chi connectivity index (χ3n) is 2.79. The van der Waals surface area contributed by atoms with Crippen molar-refractivity contribution in [2.45, 2.75) is 0 Å². The van der Waals surface area contributed by atoms with Crippen LogP contribution < -0.4 is 15.0 Å². The average Bonchev–Trinajstić information content (AvgIpc) is 2.95. The van der Waals surface area contributed by atoms with E-state index in [0.29, 0.717) is 16.6 Å². The molecule has 0 atom stereocenters. The summed E-state index contributed by atoms with van der Waals surface area (Å²) in [4.78, 5) is 29.2. The maximum absolute atomic E-state index is 12.0. The van der Waals surface area contributed by atoms with Gasteiger partial charge in [-0.05, 0) is 12.1 Å². The van der Waals surface area contributed by atoms with E-state index in [1.54, 1.807) is 29.8 Å². The number of para-hydroxylation sites is 2. The third kappa shape index (κ3) is 2.48. The van der Waals surface area contributed by atoms with E-state index in [0.717, 1.165) is 0 Å². The van der Waals surface area contributed by atoms with Crippen LogP contribution in [0.1, 0.15) is 0 Å². The van der Waals surface area contributed by atoms with Gasteiger partial charge in [0.1, 0.15) is 12.3 Å². The van der Waals surface area contributed by atoms with Crippen LogP contribution in [0.4, 0.5) is 10.8 Å². The quantitative estimate of drug-likeness (QED) is 0.929. The SMILES string of the molecule is O=C(CN1C(=O)COc2ccccc21)Nc1nccs1. The van der Waals surface area contributed by atoms with E-state index in [-0.39, 0.29) is 25.0 Å². The second-order valence-corrected chi connectivity index (χ2v) is 5.02. The van der Waals surface area contributed by atoms with Crippen LogP contribution >= 0.6 is 11.3 Å². The van der Waals surface area contributed by atoms with Gasteiger partial charge in [0.25, 0.3) is 5.91 Å². The second kappa shape index (κ2) is 5.30. The van der Waals surface area contributed by atoms with Crippen LogP contribution in [0.5, 0.6) is 5.75 Å². The third-order valence-corrected chi connectivity index (χ3v) is 3.48. The van der Waals surface area contributed by atoms with Crippen molar-refractivity contribution >= 4 is 34.0 Å². The standard InChI is InChI=1S/C13H11N3O3S/c17-11(15-13-14-5-6-20-13)7-16-9-3-1-2-4-10(9)19-8-12(16)18/h1-6H,7-8H2,(H,14,15,17). The molecular weight excluding hydrogens is 278 g/mol. The molecule has 0 saturated carbocycles. The maximum atomic E-state index is 12.0. The lowest BCUT2D eigenvalue weighted by Crippen LogP contribution is -2.43. The number of carbonyl (C=O) groups is 2. The minimum atomic E-state index is -0.287. The van der Waals surface area contributed by atoms with Gasteiger partial charge in [-0.3, -0.25) is 14.5 Å². The molecule has 2 heterocycles. The van der Waals surface area contributed by atoms with E-state index < -0.39 is 0 Å². The van der Waals surface area contributed by atoms with E-state index in [4.69, 9.17) is 4.74 Å². The molecule has 0 radical (unpaired) electrons. The minimum Gasteiger partial charge on any atom is -0.482 e. The predicted molar refractivity (Wildman–Crippen MR) is 75.0 cm³/mol. The maximum Gasteiger partial charge on any atom is 0.265 e. The van der Waals surface area contributed by atoms with Crippen molar-refractivity contribution in [2.24, 2.45) is 0 Å². The molecule has 0 saturated heterocycles. The molecule has 1 aliphatic heterocycles. The fourth-order valence-electron chi connectivity index (χ4n) is 1.91. The topological polar surface area (TPSA) is 71.5 Å². The first-order chi connectivity index (χ1) is 9.74. The van der Waals surface area contributed by atoms with Crippen LogP contribution in [0.3, 0.4) is 0 Å². The number of thiazole rings is 1. The molecule has 1 N–H and O–H groups in total. The molecule has 20 heavy (non-hydrogen) atoms. The number of amides is 2. The Hall–Kier alpha value is -2.41. The summed E-state index contributed by atoms with van der Waals surface area (Å²) in [6.45, 7) is -0.111. The monoisotopic (exact) mass is 289 g/mol. The molecular formula is C13H11N3O3S. The fraction of sp³-hybridized carbons (Fsp3) is 0.154. The summed E-state index contributed by atoms with van der Waals surface area (Å²) < 4.78 is 5.32. The van der Waals surface area contributed by atoms with Gasteiger partial charge in [0, 0.05) is 11.6 Å². The first-order valence-corrected chi connectivity index (χ1v) is 6.83. The van der Waals surface area contributed by atoms with E-state index >= 15 is 0 Å². The number of anilines is 2. The molecule has 2 aromatic rings. The largest absolute Gasteiger partial charge is 0.482 e. The van der Waals surface area contributed by atoms with Crippen molar-refractivity contribution in [1.29, 1.82) is 0 Å². The van der Waals surface area contributed by atoms with Crippen LogP contribution in [-0.2, 0) is 9.59 Å². The van der Waals surface area contributed by atoms with Crippen LogP contribution in [-0.4, -0.2) is 29.9 Å². The number of nitrogens with one attached hydrogen (secondary N) is 1.